The normalized spacial score (nSPS) is 27.0. The van der Waals surface area contributed by atoms with Crippen LogP contribution in [0.3, 0.4) is 0 Å². The number of aromatic amines is 1. The molecule has 400 valence electrons. The molecule has 2 saturated carbocycles. The summed E-state index contributed by atoms with van der Waals surface area (Å²) in [4.78, 5) is 41.1. The number of sulfonamides is 1. The molecule has 5 fully saturated rings. The third-order valence-electron chi connectivity index (χ3n) is 17.1. The predicted octanol–water partition coefficient (Wildman–Crippen LogP) is 8.76. The highest BCUT2D eigenvalue weighted by Crippen LogP contribution is 2.55. The number of rotatable bonds is 13. The molecule has 0 unspecified atom stereocenters. The van der Waals surface area contributed by atoms with Crippen LogP contribution >= 0.6 is 0 Å². The molecule has 5 N–H and O–H groups in total. The van der Waals surface area contributed by atoms with Crippen LogP contribution in [0, 0.1) is 21.4 Å². The standard InChI is InChI=1S/C56H70N8O10S/c1-35(2)73-49-8-6-5-7-41(49)48-32-55(4,67)19-25-62(48)39-30-56(31-39)20-23-61(24-21-56)38-9-11-42(45(28-38)63-44-16-26-72-34-50(44)74-53-47(63)27-37-15-22-57-51(37)59-53)52(65)60-75(70,71)40-10-12-43(46(29-40)64(68)69)58-33-36-13-17-54(3,66)18-14-36/h5-12,15,22,27-29,35-36,39,44,48,50,58,66-67H,13-14,16-21,23-26,30-34H2,1-4H3,(H,57,59)(H,60,65)/t36?,44-,48-,50-,54?,55+/m0/s1. The number of nitro groups is 1. The van der Waals surface area contributed by atoms with Gasteiger partial charge < -0.3 is 44.5 Å². The van der Waals surface area contributed by atoms with Crippen molar-refractivity contribution >= 4 is 55.4 Å². The van der Waals surface area contributed by atoms with Gasteiger partial charge in [0.05, 0.1) is 51.0 Å². The molecule has 6 heterocycles. The lowest BCUT2D eigenvalue weighted by Gasteiger charge is -2.58. The minimum absolute atomic E-state index is 0.0289. The molecule has 2 aliphatic carbocycles. The summed E-state index contributed by atoms with van der Waals surface area (Å²) in [5, 5.41) is 38.1. The van der Waals surface area contributed by atoms with Gasteiger partial charge >= 0.3 is 0 Å². The fraction of sp³-hybridized carbons (Fsp3) is 0.536. The van der Waals surface area contributed by atoms with Crippen molar-refractivity contribution in [2.24, 2.45) is 11.3 Å². The van der Waals surface area contributed by atoms with Crippen LogP contribution in [-0.2, 0) is 14.8 Å². The molecule has 4 atom stereocenters. The number of H-pyrrole nitrogens is 1. The molecule has 6 aliphatic rings. The van der Waals surface area contributed by atoms with Crippen molar-refractivity contribution in [1.29, 1.82) is 0 Å². The Labute approximate surface area is 438 Å². The number of nitrogens with one attached hydrogen (secondary N) is 3. The molecule has 5 aromatic rings. The van der Waals surface area contributed by atoms with Crippen LogP contribution in [0.2, 0.25) is 0 Å². The fourth-order valence-electron chi connectivity index (χ4n) is 12.9. The first-order chi connectivity index (χ1) is 35.8. The van der Waals surface area contributed by atoms with Crippen LogP contribution in [0.4, 0.5) is 28.4 Å². The quantitative estimate of drug-likeness (QED) is 0.0549. The van der Waals surface area contributed by atoms with Gasteiger partial charge in [0.2, 0.25) is 5.88 Å². The first kappa shape index (κ1) is 51.1. The van der Waals surface area contributed by atoms with Gasteiger partial charge in [-0.2, -0.15) is 4.98 Å². The fourth-order valence-corrected chi connectivity index (χ4v) is 13.8. The summed E-state index contributed by atoms with van der Waals surface area (Å²) in [6, 6.07) is 21.4. The molecular weight excluding hydrogens is 977 g/mol. The average Bonchev–Trinajstić information content (AvgIpc) is 3.84. The van der Waals surface area contributed by atoms with Crippen LogP contribution in [0.25, 0.3) is 11.0 Å². The van der Waals surface area contributed by atoms with Gasteiger partial charge in [0.15, 0.2) is 0 Å². The number of para-hydroxylation sites is 1. The van der Waals surface area contributed by atoms with Crippen molar-refractivity contribution in [3.63, 3.8) is 0 Å². The molecule has 3 aromatic carbocycles. The smallest absolute Gasteiger partial charge is 0.293 e. The Morgan fingerprint density at radius 3 is 2.47 bits per heavy atom. The molecule has 0 bridgehead atoms. The minimum atomic E-state index is -4.64. The van der Waals surface area contributed by atoms with E-state index in [9.17, 15) is 33.5 Å². The number of carbonyl (C=O) groups is 1. The number of aliphatic hydroxyl groups is 2. The van der Waals surface area contributed by atoms with Crippen molar-refractivity contribution in [3.8, 4) is 11.6 Å². The second-order valence-electron chi connectivity index (χ2n) is 23.0. The highest BCUT2D eigenvalue weighted by atomic mass is 32.2. The largest absolute Gasteiger partial charge is 0.491 e. The van der Waals surface area contributed by atoms with E-state index in [-0.39, 0.29) is 47.4 Å². The Hall–Kier alpha value is -5.99. The number of piperidine rings is 2. The number of nitrogens with zero attached hydrogens (tertiary/aromatic N) is 5. The summed E-state index contributed by atoms with van der Waals surface area (Å²) in [5.41, 5.74) is 2.28. The maximum atomic E-state index is 14.7. The van der Waals surface area contributed by atoms with Crippen molar-refractivity contribution in [3.05, 3.63) is 100 Å². The summed E-state index contributed by atoms with van der Waals surface area (Å²) < 4.78 is 49.4. The number of aromatic nitrogens is 2. The summed E-state index contributed by atoms with van der Waals surface area (Å²) in [5.74, 6) is 0.527. The number of hydrogen-bond donors (Lipinski definition) is 5. The van der Waals surface area contributed by atoms with E-state index in [0.29, 0.717) is 74.2 Å². The number of fused-ring (bicyclic) bond motifs is 3. The van der Waals surface area contributed by atoms with E-state index in [2.05, 4.69) is 41.9 Å². The van der Waals surface area contributed by atoms with Gasteiger partial charge in [-0.15, -0.1) is 0 Å². The topological polar surface area (TPSA) is 225 Å². The number of nitro benzene ring substituents is 1. The first-order valence-electron chi connectivity index (χ1n) is 26.8. The molecule has 2 aromatic heterocycles. The molecule has 18 nitrogen and oxygen atoms in total. The summed E-state index contributed by atoms with van der Waals surface area (Å²) in [7, 11) is -4.64. The molecule has 11 rings (SSSR count). The molecule has 1 amide bonds. The van der Waals surface area contributed by atoms with E-state index in [1.165, 1.54) is 12.1 Å². The lowest BCUT2D eigenvalue weighted by atomic mass is 9.59. The summed E-state index contributed by atoms with van der Waals surface area (Å²) in [6.07, 6.45) is 10.1. The number of likely N-dealkylation sites (tertiary alicyclic amines) is 1. The number of benzene rings is 3. The highest BCUT2D eigenvalue weighted by molar-refractivity contribution is 7.90. The van der Waals surface area contributed by atoms with Gasteiger partial charge in [0.1, 0.15) is 28.9 Å². The van der Waals surface area contributed by atoms with Crippen LogP contribution < -0.4 is 29.3 Å². The zero-order valence-electron chi connectivity index (χ0n) is 43.3. The van der Waals surface area contributed by atoms with E-state index in [0.717, 1.165) is 86.6 Å². The summed E-state index contributed by atoms with van der Waals surface area (Å²) >= 11 is 0. The minimum Gasteiger partial charge on any atom is -0.491 e. The third kappa shape index (κ3) is 10.4. The molecule has 4 aliphatic heterocycles. The van der Waals surface area contributed by atoms with Crippen molar-refractivity contribution < 1.29 is 42.6 Å². The summed E-state index contributed by atoms with van der Waals surface area (Å²) in [6.45, 7) is 11.4. The van der Waals surface area contributed by atoms with E-state index >= 15 is 0 Å². The zero-order chi connectivity index (χ0) is 52.4. The first-order valence-corrected chi connectivity index (χ1v) is 28.3. The number of amides is 1. The zero-order valence-corrected chi connectivity index (χ0v) is 44.1. The molecular formula is C56H70N8O10S. The highest BCUT2D eigenvalue weighted by Gasteiger charge is 2.51. The number of anilines is 4. The van der Waals surface area contributed by atoms with Gasteiger partial charge in [0, 0.05) is 73.8 Å². The second-order valence-corrected chi connectivity index (χ2v) is 24.7. The maximum absolute atomic E-state index is 14.7. The molecule has 19 heteroatoms. The monoisotopic (exact) mass is 1050 g/mol. The van der Waals surface area contributed by atoms with E-state index in [1.807, 2.05) is 64.1 Å². The van der Waals surface area contributed by atoms with E-state index in [1.54, 1.807) is 12.3 Å². The van der Waals surface area contributed by atoms with Gasteiger partial charge in [-0.05, 0) is 158 Å². The van der Waals surface area contributed by atoms with Crippen molar-refractivity contribution in [1.82, 2.24) is 19.6 Å². The lowest BCUT2D eigenvalue weighted by Crippen LogP contribution is -2.58. The van der Waals surface area contributed by atoms with Gasteiger partial charge in [-0.25, -0.2) is 13.1 Å². The maximum Gasteiger partial charge on any atom is 0.293 e. The Bertz CT molecular complexity index is 3060. The van der Waals surface area contributed by atoms with Crippen LogP contribution in [0.5, 0.6) is 11.6 Å². The van der Waals surface area contributed by atoms with Crippen LogP contribution in [-0.4, -0.2) is 119 Å². The van der Waals surface area contributed by atoms with Gasteiger partial charge in [-0.1, -0.05) is 18.2 Å². The molecule has 75 heavy (non-hydrogen) atoms. The molecule has 3 saturated heterocycles. The number of hydrogen-bond acceptors (Lipinski definition) is 15. The second kappa shape index (κ2) is 19.9. The van der Waals surface area contributed by atoms with Gasteiger partial charge in [-0.3, -0.25) is 19.8 Å². The SMILES string of the molecule is CC(C)Oc1ccccc1[C@@H]1C[C@](C)(O)CCN1C1CC2(CCN(c3ccc(C(=O)NS(=O)(=O)c4ccc(NCC5CCC(C)(O)CC5)c([N+](=O)[O-])c4)c(N4c5cc6cc[nH]c6nc5O[C@H]5COCC[C@@H]54)c3)CC2)C1. The Kier molecular flexibility index (Phi) is 13.5. The van der Waals surface area contributed by atoms with Gasteiger partial charge in [0.25, 0.3) is 21.6 Å². The Morgan fingerprint density at radius 2 is 1.71 bits per heavy atom. The van der Waals surface area contributed by atoms with Crippen LogP contribution in [0.15, 0.2) is 83.9 Å². The molecule has 0 radical (unpaired) electrons. The van der Waals surface area contributed by atoms with E-state index < -0.39 is 48.7 Å². The number of carbonyl (C=O) groups excluding carboxylic acids is 1. The average molecular weight is 1050 g/mol. The lowest BCUT2D eigenvalue weighted by molar-refractivity contribution is -0.384. The van der Waals surface area contributed by atoms with Crippen LogP contribution in [0.1, 0.15) is 120 Å². The third-order valence-corrected chi connectivity index (χ3v) is 18.5. The molecule has 1 spiro atoms. The van der Waals surface area contributed by atoms with Crippen molar-refractivity contribution in [2.45, 2.75) is 145 Å². The number of pyridine rings is 1. The van der Waals surface area contributed by atoms with Crippen molar-refractivity contribution in [2.75, 3.05) is 54.5 Å². The van der Waals surface area contributed by atoms with E-state index in [4.69, 9.17) is 19.2 Å². The predicted molar refractivity (Wildman–Crippen MR) is 286 cm³/mol. The Balaban J connectivity index is 0.861. The number of ether oxygens (including phenoxy) is 3. The Morgan fingerprint density at radius 1 is 0.933 bits per heavy atom.